The number of para-hydroxylation sites is 1. The van der Waals surface area contributed by atoms with Gasteiger partial charge in [0.15, 0.2) is 17.3 Å². The molecule has 0 aliphatic heterocycles. The van der Waals surface area contributed by atoms with E-state index in [1.165, 1.54) is 19.1 Å². The molecule has 88 valence electrons. The van der Waals surface area contributed by atoms with Gasteiger partial charge in [0.2, 0.25) is 0 Å². The molecule has 3 heteroatoms. The number of rotatable bonds is 5. The van der Waals surface area contributed by atoms with Gasteiger partial charge in [-0.3, -0.25) is 4.79 Å². The molecule has 2 nitrogen and oxygen atoms in total. The van der Waals surface area contributed by atoms with Crippen LogP contribution < -0.4 is 4.74 Å². The van der Waals surface area contributed by atoms with E-state index in [4.69, 9.17) is 4.74 Å². The fourth-order valence-corrected chi connectivity index (χ4v) is 1.33. The summed E-state index contributed by atoms with van der Waals surface area (Å²) in [6.07, 6.45) is 0.839. The van der Waals surface area contributed by atoms with E-state index in [0.29, 0.717) is 18.1 Å². The molecule has 0 saturated heterocycles. The minimum atomic E-state index is -0.476. The molecule has 0 N–H and O–H groups in total. The van der Waals surface area contributed by atoms with Crippen LogP contribution >= 0.6 is 0 Å². The van der Waals surface area contributed by atoms with Crippen LogP contribution in [0.15, 0.2) is 18.2 Å². The van der Waals surface area contributed by atoms with Crippen molar-refractivity contribution in [3.8, 4) is 5.75 Å². The number of carbonyl (C=O) groups excluding carboxylic acids is 1. The predicted octanol–water partition coefficient (Wildman–Crippen LogP) is 3.45. The molecule has 0 aliphatic rings. The van der Waals surface area contributed by atoms with Gasteiger partial charge in [-0.05, 0) is 31.4 Å². The van der Waals surface area contributed by atoms with E-state index in [0.717, 1.165) is 6.42 Å². The second kappa shape index (κ2) is 5.64. The van der Waals surface area contributed by atoms with Crippen molar-refractivity contribution in [2.45, 2.75) is 27.2 Å². The molecule has 0 saturated carbocycles. The van der Waals surface area contributed by atoms with Crippen LogP contribution in [0.25, 0.3) is 0 Å². The topological polar surface area (TPSA) is 26.3 Å². The van der Waals surface area contributed by atoms with Gasteiger partial charge in [-0.25, -0.2) is 4.39 Å². The summed E-state index contributed by atoms with van der Waals surface area (Å²) in [4.78, 5) is 11.3. The summed E-state index contributed by atoms with van der Waals surface area (Å²) >= 11 is 0. The molecule has 1 aromatic rings. The fraction of sp³-hybridized carbons (Fsp3) is 0.462. The number of carbonyl (C=O) groups is 1. The minimum Gasteiger partial charge on any atom is -0.490 e. The standard InChI is InChI=1S/C13H17FO2/c1-9(2)7-8-16-13-11(10(3)15)5-4-6-12(13)14/h4-6,9H,7-8H2,1-3H3. The summed E-state index contributed by atoms with van der Waals surface area (Å²) in [6, 6.07) is 4.40. The monoisotopic (exact) mass is 224 g/mol. The Kier molecular flexibility index (Phi) is 4.47. The molecule has 0 aliphatic carbocycles. The predicted molar refractivity (Wildman–Crippen MR) is 61.4 cm³/mol. The second-order valence-electron chi connectivity index (χ2n) is 4.20. The number of ether oxygens (including phenoxy) is 1. The molecule has 0 fully saturated rings. The molecule has 1 aromatic carbocycles. The van der Waals surface area contributed by atoms with Crippen molar-refractivity contribution < 1.29 is 13.9 Å². The Bertz CT molecular complexity index is 372. The number of Topliss-reactive ketones (excluding diaryl/α,β-unsaturated/α-hetero) is 1. The number of halogens is 1. The average molecular weight is 224 g/mol. The Balaban J connectivity index is 2.80. The van der Waals surface area contributed by atoms with E-state index < -0.39 is 5.82 Å². The van der Waals surface area contributed by atoms with Crippen molar-refractivity contribution in [3.05, 3.63) is 29.6 Å². The van der Waals surface area contributed by atoms with E-state index in [1.54, 1.807) is 6.07 Å². The average Bonchev–Trinajstić information content (AvgIpc) is 2.19. The molecular formula is C13H17FO2. The first-order valence-corrected chi connectivity index (χ1v) is 5.44. The summed E-state index contributed by atoms with van der Waals surface area (Å²) in [7, 11) is 0. The van der Waals surface area contributed by atoms with Gasteiger partial charge in [0.05, 0.1) is 12.2 Å². The molecule has 0 unspecified atom stereocenters. The van der Waals surface area contributed by atoms with Gasteiger partial charge >= 0.3 is 0 Å². The number of hydrogen-bond acceptors (Lipinski definition) is 2. The fourth-order valence-electron chi connectivity index (χ4n) is 1.33. The molecule has 0 spiro atoms. The number of benzene rings is 1. The Morgan fingerprint density at radius 2 is 2.12 bits per heavy atom. The van der Waals surface area contributed by atoms with Crippen molar-refractivity contribution in [1.82, 2.24) is 0 Å². The lowest BCUT2D eigenvalue weighted by Gasteiger charge is -2.11. The van der Waals surface area contributed by atoms with Crippen LogP contribution in [0.1, 0.15) is 37.6 Å². The Hall–Kier alpha value is -1.38. The van der Waals surface area contributed by atoms with Gasteiger partial charge in [-0.1, -0.05) is 19.9 Å². The lowest BCUT2D eigenvalue weighted by atomic mass is 10.1. The maximum absolute atomic E-state index is 13.5. The van der Waals surface area contributed by atoms with Crippen molar-refractivity contribution in [2.24, 2.45) is 5.92 Å². The summed E-state index contributed by atoms with van der Waals surface area (Å²) < 4.78 is 18.8. The highest BCUT2D eigenvalue weighted by Crippen LogP contribution is 2.23. The van der Waals surface area contributed by atoms with Crippen LogP contribution in [-0.2, 0) is 0 Å². The van der Waals surface area contributed by atoms with Crippen LogP contribution in [0.4, 0.5) is 4.39 Å². The van der Waals surface area contributed by atoms with E-state index in [1.807, 2.05) is 0 Å². The first kappa shape index (κ1) is 12.7. The van der Waals surface area contributed by atoms with Gasteiger partial charge in [0.25, 0.3) is 0 Å². The smallest absolute Gasteiger partial charge is 0.165 e. The van der Waals surface area contributed by atoms with E-state index in [9.17, 15) is 9.18 Å². The molecular weight excluding hydrogens is 207 g/mol. The Morgan fingerprint density at radius 1 is 1.44 bits per heavy atom. The summed E-state index contributed by atoms with van der Waals surface area (Å²) in [5, 5.41) is 0. The number of ketones is 1. The molecule has 0 atom stereocenters. The van der Waals surface area contributed by atoms with E-state index >= 15 is 0 Å². The minimum absolute atomic E-state index is 0.0793. The third kappa shape index (κ3) is 3.33. The summed E-state index contributed by atoms with van der Waals surface area (Å²) in [5.74, 6) is -0.0845. The lowest BCUT2D eigenvalue weighted by molar-refractivity contribution is 0.101. The highest BCUT2D eigenvalue weighted by atomic mass is 19.1. The van der Waals surface area contributed by atoms with Crippen LogP contribution in [0, 0.1) is 11.7 Å². The molecule has 0 aromatic heterocycles. The Labute approximate surface area is 95.4 Å². The lowest BCUT2D eigenvalue weighted by Crippen LogP contribution is -2.06. The Morgan fingerprint density at radius 3 is 2.69 bits per heavy atom. The zero-order chi connectivity index (χ0) is 12.1. The maximum Gasteiger partial charge on any atom is 0.165 e. The summed E-state index contributed by atoms with van der Waals surface area (Å²) in [5.41, 5.74) is 0.309. The van der Waals surface area contributed by atoms with Crippen molar-refractivity contribution >= 4 is 5.78 Å². The SMILES string of the molecule is CC(=O)c1cccc(F)c1OCCC(C)C. The zero-order valence-electron chi connectivity index (χ0n) is 9.92. The highest BCUT2D eigenvalue weighted by Gasteiger charge is 2.13. The maximum atomic E-state index is 13.5. The van der Waals surface area contributed by atoms with Crippen molar-refractivity contribution in [2.75, 3.05) is 6.61 Å². The van der Waals surface area contributed by atoms with E-state index in [2.05, 4.69) is 13.8 Å². The molecule has 0 heterocycles. The first-order valence-electron chi connectivity index (χ1n) is 5.44. The normalized spacial score (nSPS) is 10.6. The van der Waals surface area contributed by atoms with Gasteiger partial charge in [0.1, 0.15) is 0 Å². The molecule has 0 bridgehead atoms. The zero-order valence-corrected chi connectivity index (χ0v) is 9.92. The van der Waals surface area contributed by atoms with Crippen molar-refractivity contribution in [1.29, 1.82) is 0 Å². The molecule has 16 heavy (non-hydrogen) atoms. The number of hydrogen-bond donors (Lipinski definition) is 0. The van der Waals surface area contributed by atoms with E-state index in [-0.39, 0.29) is 11.5 Å². The van der Waals surface area contributed by atoms with Gasteiger partial charge in [-0.2, -0.15) is 0 Å². The van der Waals surface area contributed by atoms with Gasteiger partial charge in [0, 0.05) is 0 Å². The molecule has 0 radical (unpaired) electrons. The quantitative estimate of drug-likeness (QED) is 0.716. The molecule has 1 rings (SSSR count). The van der Waals surface area contributed by atoms with Crippen molar-refractivity contribution in [3.63, 3.8) is 0 Å². The molecule has 0 amide bonds. The van der Waals surface area contributed by atoms with Crippen LogP contribution in [-0.4, -0.2) is 12.4 Å². The van der Waals surface area contributed by atoms with Crippen LogP contribution in [0.2, 0.25) is 0 Å². The third-order valence-corrected chi connectivity index (χ3v) is 2.29. The van der Waals surface area contributed by atoms with Gasteiger partial charge < -0.3 is 4.74 Å². The second-order valence-corrected chi connectivity index (χ2v) is 4.20. The third-order valence-electron chi connectivity index (χ3n) is 2.29. The first-order chi connectivity index (χ1) is 7.52. The summed E-state index contributed by atoms with van der Waals surface area (Å²) in [6.45, 7) is 5.97. The van der Waals surface area contributed by atoms with Gasteiger partial charge in [-0.15, -0.1) is 0 Å². The van der Waals surface area contributed by atoms with Crippen LogP contribution in [0.5, 0.6) is 5.75 Å². The van der Waals surface area contributed by atoms with Crippen LogP contribution in [0.3, 0.4) is 0 Å². The highest BCUT2D eigenvalue weighted by molar-refractivity contribution is 5.96. The largest absolute Gasteiger partial charge is 0.490 e.